The standard InChI is InChI=1S/C17H21N3O3S/c1-11(15(21)19-17(22)23-2)20-9-5-6-12(10-20)16-18-13-7-3-4-8-14(13)24-16/h3-4,7-8,11-12H,5-6,9-10H2,1-2H3,(H,19,21,22)/t11-,12-/m0/s1. The maximum absolute atomic E-state index is 12.1. The first-order valence-corrected chi connectivity index (χ1v) is 8.88. The lowest BCUT2D eigenvalue weighted by atomic mass is 9.97. The van der Waals surface area contributed by atoms with E-state index < -0.39 is 6.09 Å². The summed E-state index contributed by atoms with van der Waals surface area (Å²) in [6.45, 7) is 3.44. The van der Waals surface area contributed by atoms with Gasteiger partial charge in [0.15, 0.2) is 0 Å². The fraction of sp³-hybridized carbons (Fsp3) is 0.471. The van der Waals surface area contributed by atoms with Crippen LogP contribution in [0.5, 0.6) is 0 Å². The second-order valence-electron chi connectivity index (χ2n) is 6.01. The maximum atomic E-state index is 12.1. The molecule has 2 heterocycles. The molecule has 0 unspecified atom stereocenters. The van der Waals surface area contributed by atoms with Crippen molar-refractivity contribution in [1.82, 2.24) is 15.2 Å². The van der Waals surface area contributed by atoms with E-state index in [1.807, 2.05) is 25.1 Å². The largest absolute Gasteiger partial charge is 0.453 e. The average molecular weight is 347 g/mol. The minimum Gasteiger partial charge on any atom is -0.453 e. The van der Waals surface area contributed by atoms with Gasteiger partial charge in [-0.25, -0.2) is 9.78 Å². The molecule has 1 aromatic carbocycles. The molecule has 1 saturated heterocycles. The lowest BCUT2D eigenvalue weighted by Crippen LogP contribution is -2.49. The number of nitrogens with one attached hydrogen (secondary N) is 1. The van der Waals surface area contributed by atoms with Crippen LogP contribution in [0.3, 0.4) is 0 Å². The highest BCUT2D eigenvalue weighted by Gasteiger charge is 2.30. The third kappa shape index (κ3) is 3.57. The molecule has 3 rings (SSSR count). The molecule has 128 valence electrons. The molecule has 24 heavy (non-hydrogen) atoms. The van der Waals surface area contributed by atoms with Crippen LogP contribution in [0.25, 0.3) is 10.2 Å². The minimum absolute atomic E-state index is 0.324. The molecule has 1 fully saturated rings. The second-order valence-corrected chi connectivity index (χ2v) is 7.07. The van der Waals surface area contributed by atoms with Crippen LogP contribution >= 0.6 is 11.3 Å². The zero-order valence-corrected chi connectivity index (χ0v) is 14.6. The van der Waals surface area contributed by atoms with E-state index in [4.69, 9.17) is 4.98 Å². The third-order valence-electron chi connectivity index (χ3n) is 4.45. The van der Waals surface area contributed by atoms with Crippen LogP contribution in [0.2, 0.25) is 0 Å². The number of hydrogen-bond acceptors (Lipinski definition) is 6. The van der Waals surface area contributed by atoms with Gasteiger partial charge in [-0.2, -0.15) is 0 Å². The summed E-state index contributed by atoms with van der Waals surface area (Å²) in [6.07, 6.45) is 1.37. The molecule has 1 N–H and O–H groups in total. The Morgan fingerprint density at radius 2 is 2.21 bits per heavy atom. The van der Waals surface area contributed by atoms with Gasteiger partial charge in [0, 0.05) is 12.5 Å². The molecule has 1 aliphatic heterocycles. The summed E-state index contributed by atoms with van der Waals surface area (Å²) in [4.78, 5) is 30.2. The van der Waals surface area contributed by atoms with Gasteiger partial charge in [0.25, 0.3) is 0 Å². The Hall–Kier alpha value is -1.99. The number of rotatable bonds is 3. The zero-order valence-electron chi connectivity index (χ0n) is 13.8. The van der Waals surface area contributed by atoms with Crippen molar-refractivity contribution >= 4 is 33.6 Å². The first kappa shape index (κ1) is 16.9. The average Bonchev–Trinajstić information content (AvgIpc) is 3.05. The molecule has 2 amide bonds. The molecule has 1 aliphatic rings. The molecule has 0 spiro atoms. The quantitative estimate of drug-likeness (QED) is 0.924. The first-order chi connectivity index (χ1) is 11.6. The van der Waals surface area contributed by atoms with Gasteiger partial charge in [0.2, 0.25) is 5.91 Å². The van der Waals surface area contributed by atoms with Crippen molar-refractivity contribution in [3.05, 3.63) is 29.3 Å². The molecule has 7 heteroatoms. The number of nitrogens with zero attached hydrogens (tertiary/aromatic N) is 2. The predicted octanol–water partition coefficient (Wildman–Crippen LogP) is 2.75. The Labute approximate surface area is 144 Å². The number of ether oxygens (including phenoxy) is 1. The highest BCUT2D eigenvalue weighted by molar-refractivity contribution is 7.18. The monoisotopic (exact) mass is 347 g/mol. The van der Waals surface area contributed by atoms with E-state index in [-0.39, 0.29) is 11.9 Å². The predicted molar refractivity (Wildman–Crippen MR) is 93.2 cm³/mol. The Kier molecular flexibility index (Phi) is 5.11. The molecule has 0 radical (unpaired) electrons. The number of benzene rings is 1. The van der Waals surface area contributed by atoms with Crippen LogP contribution in [0.4, 0.5) is 4.79 Å². The highest BCUT2D eigenvalue weighted by atomic mass is 32.1. The van der Waals surface area contributed by atoms with Gasteiger partial charge < -0.3 is 4.74 Å². The van der Waals surface area contributed by atoms with Gasteiger partial charge in [-0.1, -0.05) is 12.1 Å². The Balaban J connectivity index is 1.69. The molecule has 0 bridgehead atoms. The number of piperidine rings is 1. The Morgan fingerprint density at radius 3 is 2.96 bits per heavy atom. The molecule has 6 nitrogen and oxygen atoms in total. The number of methoxy groups -OCH3 is 1. The number of carbonyl (C=O) groups is 2. The van der Waals surface area contributed by atoms with E-state index in [9.17, 15) is 9.59 Å². The van der Waals surface area contributed by atoms with E-state index in [1.165, 1.54) is 11.8 Å². The van der Waals surface area contributed by atoms with Gasteiger partial charge >= 0.3 is 6.09 Å². The minimum atomic E-state index is -0.716. The number of likely N-dealkylation sites (tertiary alicyclic amines) is 1. The molecule has 0 aliphatic carbocycles. The summed E-state index contributed by atoms with van der Waals surface area (Å²) in [7, 11) is 1.25. The molecular weight excluding hydrogens is 326 g/mol. The van der Waals surface area contributed by atoms with Crippen LogP contribution in [0.15, 0.2) is 24.3 Å². The van der Waals surface area contributed by atoms with Gasteiger partial charge in [0.05, 0.1) is 28.4 Å². The van der Waals surface area contributed by atoms with E-state index in [0.29, 0.717) is 5.92 Å². The smallest absolute Gasteiger partial charge is 0.413 e. The van der Waals surface area contributed by atoms with Crippen LogP contribution in [-0.4, -0.2) is 48.1 Å². The number of hydrogen-bond donors (Lipinski definition) is 1. The van der Waals surface area contributed by atoms with Crippen molar-refractivity contribution in [2.75, 3.05) is 20.2 Å². The van der Waals surface area contributed by atoms with Crippen molar-refractivity contribution in [2.45, 2.75) is 31.7 Å². The number of carbonyl (C=O) groups excluding carboxylic acids is 2. The van der Waals surface area contributed by atoms with Crippen molar-refractivity contribution in [2.24, 2.45) is 0 Å². The highest BCUT2D eigenvalue weighted by Crippen LogP contribution is 2.33. The summed E-state index contributed by atoms with van der Waals surface area (Å²) in [5.41, 5.74) is 1.03. The van der Waals surface area contributed by atoms with Crippen molar-refractivity contribution < 1.29 is 14.3 Å². The Bertz CT molecular complexity index is 713. The van der Waals surface area contributed by atoms with E-state index >= 15 is 0 Å². The van der Waals surface area contributed by atoms with Crippen LogP contribution in [0, 0.1) is 0 Å². The van der Waals surface area contributed by atoms with Crippen LogP contribution < -0.4 is 5.32 Å². The number of imide groups is 1. The number of thiazole rings is 1. The topological polar surface area (TPSA) is 71.5 Å². The number of aromatic nitrogens is 1. The third-order valence-corrected chi connectivity index (χ3v) is 5.65. The summed E-state index contributed by atoms with van der Waals surface area (Å²) in [5, 5.41) is 3.37. The molecular formula is C17H21N3O3S. The summed E-state index contributed by atoms with van der Waals surface area (Å²) in [5.74, 6) is -0.00340. The van der Waals surface area contributed by atoms with Crippen LogP contribution in [-0.2, 0) is 9.53 Å². The number of fused-ring (bicyclic) bond motifs is 1. The summed E-state index contributed by atoms with van der Waals surface area (Å²) in [6, 6.07) is 7.77. The van der Waals surface area contributed by atoms with E-state index in [2.05, 4.69) is 21.0 Å². The van der Waals surface area contributed by atoms with Crippen molar-refractivity contribution in [3.8, 4) is 0 Å². The number of amides is 2. The van der Waals surface area contributed by atoms with Gasteiger partial charge in [-0.05, 0) is 38.4 Å². The van der Waals surface area contributed by atoms with Gasteiger partial charge in [-0.15, -0.1) is 11.3 Å². The summed E-state index contributed by atoms with van der Waals surface area (Å²) < 4.78 is 5.68. The molecule has 2 atom stereocenters. The van der Waals surface area contributed by atoms with Crippen molar-refractivity contribution in [3.63, 3.8) is 0 Å². The van der Waals surface area contributed by atoms with Crippen LogP contribution in [0.1, 0.15) is 30.7 Å². The summed E-state index contributed by atoms with van der Waals surface area (Å²) >= 11 is 1.73. The number of para-hydroxylation sites is 1. The molecule has 0 saturated carbocycles. The SMILES string of the molecule is COC(=O)NC(=O)[C@H](C)N1CCC[C@H](c2nc3ccccc3s2)C1. The van der Waals surface area contributed by atoms with E-state index in [1.54, 1.807) is 11.3 Å². The maximum Gasteiger partial charge on any atom is 0.413 e. The fourth-order valence-electron chi connectivity index (χ4n) is 3.05. The number of alkyl carbamates (subject to hydrolysis) is 1. The normalized spacial score (nSPS) is 19.8. The fourth-order valence-corrected chi connectivity index (χ4v) is 4.14. The molecule has 1 aromatic heterocycles. The first-order valence-electron chi connectivity index (χ1n) is 8.07. The zero-order chi connectivity index (χ0) is 17.1. The Morgan fingerprint density at radius 1 is 1.42 bits per heavy atom. The van der Waals surface area contributed by atoms with Gasteiger partial charge in [-0.3, -0.25) is 15.0 Å². The van der Waals surface area contributed by atoms with E-state index in [0.717, 1.165) is 36.5 Å². The lowest BCUT2D eigenvalue weighted by Gasteiger charge is -2.35. The van der Waals surface area contributed by atoms with Crippen molar-refractivity contribution in [1.29, 1.82) is 0 Å². The van der Waals surface area contributed by atoms with Gasteiger partial charge in [0.1, 0.15) is 0 Å². The second kappa shape index (κ2) is 7.27. The lowest BCUT2D eigenvalue weighted by molar-refractivity contribution is -0.125. The molecule has 2 aromatic rings.